The Balaban J connectivity index is 0.000000514. The summed E-state index contributed by atoms with van der Waals surface area (Å²) in [7, 11) is 0. The third-order valence-electron chi connectivity index (χ3n) is 8.05. The van der Waals surface area contributed by atoms with E-state index in [0.29, 0.717) is 5.92 Å². The maximum atomic E-state index is 9.67. The van der Waals surface area contributed by atoms with Gasteiger partial charge in [0, 0.05) is 11.5 Å². The maximum Gasteiger partial charge on any atom is 0.173 e. The number of phenols is 1. The van der Waals surface area contributed by atoms with E-state index < -0.39 is 0 Å². The fraction of sp³-hybridized carbons (Fsp3) is 0.676. The Labute approximate surface area is 264 Å². The third-order valence-corrected chi connectivity index (χ3v) is 8.05. The van der Waals surface area contributed by atoms with Gasteiger partial charge in [-0.1, -0.05) is 106 Å². The summed E-state index contributed by atoms with van der Waals surface area (Å²) in [5.41, 5.74) is 6.29. The lowest BCUT2D eigenvalue weighted by Crippen LogP contribution is -2.27. The zero-order valence-corrected chi connectivity index (χ0v) is 28.8. The van der Waals surface area contributed by atoms with Crippen molar-refractivity contribution in [1.82, 2.24) is 15.2 Å². The van der Waals surface area contributed by atoms with Gasteiger partial charge < -0.3 is 15.6 Å². The number of aliphatic hydroxyl groups is 1. The summed E-state index contributed by atoms with van der Waals surface area (Å²) in [6.45, 7) is 17.5. The number of hydrogen-bond acceptors (Lipinski definition) is 5. The SMILES string of the molecule is CCCC.CCCC(O)CCC(C)CC.CCCCCC(CCC)c1cc(-c2ccc(O)cc2)n(C2=NNC(C)C=C2)n1. The predicted octanol–water partition coefficient (Wildman–Crippen LogP) is 10.2. The van der Waals surface area contributed by atoms with E-state index in [1.54, 1.807) is 12.1 Å². The van der Waals surface area contributed by atoms with Crippen molar-refractivity contribution in [2.24, 2.45) is 11.0 Å². The minimum Gasteiger partial charge on any atom is -0.508 e. The summed E-state index contributed by atoms with van der Waals surface area (Å²) in [5, 5.41) is 28.6. The Morgan fingerprint density at radius 3 is 2.05 bits per heavy atom. The van der Waals surface area contributed by atoms with Gasteiger partial charge in [-0.15, -0.1) is 0 Å². The summed E-state index contributed by atoms with van der Waals surface area (Å²) in [6.07, 6.45) is 19.4. The highest BCUT2D eigenvalue weighted by molar-refractivity contribution is 5.97. The number of rotatable bonds is 15. The fourth-order valence-corrected chi connectivity index (χ4v) is 4.80. The first-order valence-electron chi connectivity index (χ1n) is 17.3. The second kappa shape index (κ2) is 22.9. The molecule has 0 aliphatic carbocycles. The van der Waals surface area contributed by atoms with Crippen LogP contribution in [-0.4, -0.2) is 38.0 Å². The number of nitrogens with one attached hydrogen (secondary N) is 1. The minimum atomic E-state index is -0.0472. The highest BCUT2D eigenvalue weighted by Gasteiger charge is 2.20. The van der Waals surface area contributed by atoms with Crippen LogP contribution < -0.4 is 5.43 Å². The van der Waals surface area contributed by atoms with Gasteiger partial charge in [0.05, 0.1) is 23.5 Å². The van der Waals surface area contributed by atoms with Crippen LogP contribution >= 0.6 is 0 Å². The van der Waals surface area contributed by atoms with E-state index in [-0.39, 0.29) is 17.9 Å². The van der Waals surface area contributed by atoms with E-state index in [2.05, 4.69) is 78.1 Å². The molecule has 1 aromatic carbocycles. The summed E-state index contributed by atoms with van der Waals surface area (Å²) < 4.78 is 1.93. The number of benzene rings is 1. The highest BCUT2D eigenvalue weighted by atomic mass is 16.3. The third kappa shape index (κ3) is 15.1. The van der Waals surface area contributed by atoms with E-state index in [1.807, 2.05) is 22.9 Å². The quantitative estimate of drug-likeness (QED) is 0.179. The van der Waals surface area contributed by atoms with E-state index in [0.717, 1.165) is 60.8 Å². The van der Waals surface area contributed by atoms with Crippen molar-refractivity contribution in [3.8, 4) is 17.0 Å². The number of allylic oxidation sites excluding steroid dienone is 1. The molecular formula is C37H64N4O2. The molecule has 0 spiro atoms. The number of aliphatic hydroxyl groups excluding tert-OH is 1. The van der Waals surface area contributed by atoms with Crippen molar-refractivity contribution in [3.05, 3.63) is 48.2 Å². The van der Waals surface area contributed by atoms with Crippen LogP contribution in [0.15, 0.2) is 47.6 Å². The number of unbranched alkanes of at least 4 members (excludes halogenated alkanes) is 3. The van der Waals surface area contributed by atoms with Crippen LogP contribution in [-0.2, 0) is 0 Å². The number of hydrogen-bond donors (Lipinski definition) is 3. The van der Waals surface area contributed by atoms with E-state index >= 15 is 0 Å². The normalized spacial score (nSPS) is 16.1. The molecule has 0 bridgehead atoms. The lowest BCUT2D eigenvalue weighted by Gasteiger charge is -2.15. The molecule has 0 saturated carbocycles. The molecule has 1 aliphatic heterocycles. The molecule has 3 N–H and O–H groups in total. The van der Waals surface area contributed by atoms with Gasteiger partial charge in [0.15, 0.2) is 5.84 Å². The average molecular weight is 597 g/mol. The van der Waals surface area contributed by atoms with Gasteiger partial charge in [-0.3, -0.25) is 0 Å². The molecule has 1 aliphatic rings. The molecule has 0 saturated heterocycles. The van der Waals surface area contributed by atoms with Crippen molar-refractivity contribution in [2.75, 3.05) is 0 Å². The van der Waals surface area contributed by atoms with E-state index in [1.165, 1.54) is 51.4 Å². The van der Waals surface area contributed by atoms with Crippen molar-refractivity contribution in [2.45, 2.75) is 157 Å². The molecule has 4 atom stereocenters. The van der Waals surface area contributed by atoms with Crippen LogP contribution in [0.3, 0.4) is 0 Å². The number of aromatic hydroxyl groups is 1. The lowest BCUT2D eigenvalue weighted by atomic mass is 9.93. The standard InChI is InChI=1S/C23H32N4O.C10H22O.C4H10/c1-4-6-7-9-18(8-5-2)21-16-22(19-11-13-20(28)14-12-19)27(26-21)23-15-10-17(3)24-25-23;1-4-6-10(11)8-7-9(3)5-2;1-3-4-2/h10-18,24,28H,4-9H2,1-3H3;9-11H,4-8H2,1-3H3;3-4H2,1-2H3. The van der Waals surface area contributed by atoms with Crippen LogP contribution in [0.4, 0.5) is 0 Å². The van der Waals surface area contributed by atoms with E-state index in [4.69, 9.17) is 5.10 Å². The van der Waals surface area contributed by atoms with Gasteiger partial charge in [0.1, 0.15) is 5.75 Å². The molecule has 43 heavy (non-hydrogen) atoms. The molecular weight excluding hydrogens is 532 g/mol. The Kier molecular flexibility index (Phi) is 20.4. The summed E-state index contributed by atoms with van der Waals surface area (Å²) in [6, 6.07) is 9.72. The molecule has 4 unspecified atom stereocenters. The summed E-state index contributed by atoms with van der Waals surface area (Å²) in [4.78, 5) is 0. The van der Waals surface area contributed by atoms with Crippen LogP contribution in [0.2, 0.25) is 0 Å². The molecule has 0 fully saturated rings. The van der Waals surface area contributed by atoms with Crippen molar-refractivity contribution in [3.63, 3.8) is 0 Å². The molecule has 0 amide bonds. The van der Waals surface area contributed by atoms with Crippen molar-refractivity contribution < 1.29 is 10.2 Å². The Morgan fingerprint density at radius 2 is 1.51 bits per heavy atom. The average Bonchev–Trinajstić information content (AvgIpc) is 3.46. The second-order valence-corrected chi connectivity index (χ2v) is 12.2. The monoisotopic (exact) mass is 597 g/mol. The first-order chi connectivity index (χ1) is 20.7. The van der Waals surface area contributed by atoms with Gasteiger partial charge in [-0.2, -0.15) is 10.2 Å². The van der Waals surface area contributed by atoms with Crippen molar-refractivity contribution in [1.29, 1.82) is 0 Å². The molecule has 6 heteroatoms. The summed E-state index contributed by atoms with van der Waals surface area (Å²) in [5.74, 6) is 2.30. The zero-order valence-electron chi connectivity index (χ0n) is 28.8. The largest absolute Gasteiger partial charge is 0.508 e. The van der Waals surface area contributed by atoms with Crippen LogP contribution in [0, 0.1) is 5.92 Å². The predicted molar refractivity (Wildman–Crippen MR) is 186 cm³/mol. The van der Waals surface area contributed by atoms with Crippen LogP contribution in [0.1, 0.15) is 150 Å². The first kappa shape index (κ1) is 38.4. The maximum absolute atomic E-state index is 9.67. The van der Waals surface area contributed by atoms with Crippen LogP contribution in [0.5, 0.6) is 5.75 Å². The lowest BCUT2D eigenvalue weighted by molar-refractivity contribution is 0.145. The molecule has 244 valence electrons. The van der Waals surface area contributed by atoms with Gasteiger partial charge in [-0.05, 0) is 81.4 Å². The van der Waals surface area contributed by atoms with Gasteiger partial charge >= 0.3 is 0 Å². The molecule has 2 aromatic rings. The first-order valence-corrected chi connectivity index (χ1v) is 17.3. The summed E-state index contributed by atoms with van der Waals surface area (Å²) >= 11 is 0. The van der Waals surface area contributed by atoms with Gasteiger partial charge in [0.25, 0.3) is 0 Å². The minimum absolute atomic E-state index is 0.0472. The highest BCUT2D eigenvalue weighted by Crippen LogP contribution is 2.31. The number of aromatic nitrogens is 2. The van der Waals surface area contributed by atoms with Crippen LogP contribution in [0.25, 0.3) is 11.3 Å². The van der Waals surface area contributed by atoms with Crippen molar-refractivity contribution >= 4 is 5.84 Å². The fourth-order valence-electron chi connectivity index (χ4n) is 4.80. The Bertz CT molecular complexity index is 1030. The zero-order chi connectivity index (χ0) is 32.0. The number of nitrogens with zero attached hydrogens (tertiary/aromatic N) is 3. The molecule has 1 aromatic heterocycles. The van der Waals surface area contributed by atoms with E-state index in [9.17, 15) is 10.2 Å². The number of hydrazone groups is 1. The molecule has 6 nitrogen and oxygen atoms in total. The number of phenolic OH excluding ortho intramolecular Hbond substituents is 1. The Hall–Kier alpha value is -2.60. The smallest absolute Gasteiger partial charge is 0.173 e. The van der Waals surface area contributed by atoms with Gasteiger partial charge in [-0.25, -0.2) is 4.68 Å². The van der Waals surface area contributed by atoms with Gasteiger partial charge in [0.2, 0.25) is 0 Å². The topological polar surface area (TPSA) is 82.7 Å². The molecule has 0 radical (unpaired) electrons. The molecule has 3 rings (SSSR count). The second-order valence-electron chi connectivity index (χ2n) is 12.2. The Morgan fingerprint density at radius 1 is 0.837 bits per heavy atom. The molecule has 2 heterocycles.